The van der Waals surface area contributed by atoms with Crippen molar-refractivity contribution < 1.29 is 17.6 Å². The minimum absolute atomic E-state index is 0.246. The molecular formula is C15H20FNO3S. The van der Waals surface area contributed by atoms with Crippen LogP contribution >= 0.6 is 0 Å². The zero-order chi connectivity index (χ0) is 15.6. The highest BCUT2D eigenvalue weighted by molar-refractivity contribution is 7.91. The van der Waals surface area contributed by atoms with Gasteiger partial charge in [-0.25, -0.2) is 12.8 Å². The van der Waals surface area contributed by atoms with Gasteiger partial charge in [0.1, 0.15) is 5.82 Å². The Hall–Kier alpha value is -1.43. The Balaban J connectivity index is 2.25. The zero-order valence-electron chi connectivity index (χ0n) is 12.3. The van der Waals surface area contributed by atoms with Crippen molar-refractivity contribution in [3.8, 4) is 0 Å². The quantitative estimate of drug-likeness (QED) is 0.860. The molecule has 6 heteroatoms. The van der Waals surface area contributed by atoms with Crippen LogP contribution in [0.2, 0.25) is 0 Å². The van der Waals surface area contributed by atoms with Gasteiger partial charge in [-0.1, -0.05) is 18.9 Å². The van der Waals surface area contributed by atoms with Gasteiger partial charge in [0.05, 0.1) is 5.25 Å². The molecule has 2 rings (SSSR count). The van der Waals surface area contributed by atoms with E-state index >= 15 is 0 Å². The van der Waals surface area contributed by atoms with E-state index in [-0.39, 0.29) is 17.5 Å². The Kier molecular flexibility index (Phi) is 4.66. The minimum atomic E-state index is -3.21. The highest BCUT2D eigenvalue weighted by Crippen LogP contribution is 2.28. The van der Waals surface area contributed by atoms with Crippen LogP contribution in [0.3, 0.4) is 0 Å². The summed E-state index contributed by atoms with van der Waals surface area (Å²) in [4.78, 5) is 13.9. The van der Waals surface area contributed by atoms with Gasteiger partial charge < -0.3 is 4.90 Å². The van der Waals surface area contributed by atoms with E-state index in [1.54, 1.807) is 13.1 Å². The second-order valence-corrected chi connectivity index (χ2v) is 7.91. The summed E-state index contributed by atoms with van der Waals surface area (Å²) in [7, 11) is -1.61. The third-order valence-electron chi connectivity index (χ3n) is 4.11. The van der Waals surface area contributed by atoms with Crippen LogP contribution in [-0.2, 0) is 9.84 Å². The van der Waals surface area contributed by atoms with Crippen LogP contribution in [0.25, 0.3) is 0 Å². The Bertz CT molecular complexity index is 630. The molecule has 1 fully saturated rings. The zero-order valence-corrected chi connectivity index (χ0v) is 13.1. The standard InChI is InChI=1S/C15H20FNO3S/c1-17(15(18)11-6-5-7-12(16)10-11)13-8-3-4-9-14(13)21(2,19)20/h5-7,10,13-14H,3-4,8-9H2,1-2H3/t13-,14-/m1/s1. The number of rotatable bonds is 3. The first kappa shape index (κ1) is 15.9. The van der Waals surface area contributed by atoms with Crippen molar-refractivity contribution >= 4 is 15.7 Å². The lowest BCUT2D eigenvalue weighted by Gasteiger charge is -2.37. The summed E-state index contributed by atoms with van der Waals surface area (Å²) >= 11 is 0. The van der Waals surface area contributed by atoms with Gasteiger partial charge in [-0.3, -0.25) is 4.79 Å². The second kappa shape index (κ2) is 6.13. The largest absolute Gasteiger partial charge is 0.337 e. The molecular weight excluding hydrogens is 293 g/mol. The topological polar surface area (TPSA) is 54.5 Å². The lowest BCUT2D eigenvalue weighted by atomic mass is 9.93. The molecule has 116 valence electrons. The summed E-state index contributed by atoms with van der Waals surface area (Å²) in [6.45, 7) is 0. The van der Waals surface area contributed by atoms with E-state index < -0.39 is 20.9 Å². The van der Waals surface area contributed by atoms with E-state index in [9.17, 15) is 17.6 Å². The molecule has 0 unspecified atom stereocenters. The van der Waals surface area contributed by atoms with Gasteiger partial charge >= 0.3 is 0 Å². The van der Waals surface area contributed by atoms with Crippen LogP contribution in [0.5, 0.6) is 0 Å². The molecule has 1 aromatic rings. The molecule has 0 radical (unpaired) electrons. The summed E-state index contributed by atoms with van der Waals surface area (Å²) in [6.07, 6.45) is 4.21. The number of carbonyl (C=O) groups is 1. The molecule has 0 spiro atoms. The second-order valence-electron chi connectivity index (χ2n) is 5.65. The van der Waals surface area contributed by atoms with Crippen LogP contribution < -0.4 is 0 Å². The predicted molar refractivity (Wildman–Crippen MR) is 79.4 cm³/mol. The van der Waals surface area contributed by atoms with Crippen LogP contribution in [0.15, 0.2) is 24.3 Å². The van der Waals surface area contributed by atoms with Gasteiger partial charge in [0.2, 0.25) is 0 Å². The van der Waals surface area contributed by atoms with Gasteiger partial charge in [0.25, 0.3) is 5.91 Å². The highest BCUT2D eigenvalue weighted by atomic mass is 32.2. The fourth-order valence-electron chi connectivity index (χ4n) is 3.00. The fraction of sp³-hybridized carbons (Fsp3) is 0.533. The average molecular weight is 313 g/mol. The van der Waals surface area contributed by atoms with Crippen molar-refractivity contribution in [3.63, 3.8) is 0 Å². The number of halogens is 1. The molecule has 0 N–H and O–H groups in total. The number of amides is 1. The molecule has 4 nitrogen and oxygen atoms in total. The Labute approximate surface area is 124 Å². The van der Waals surface area contributed by atoms with Gasteiger partial charge in [0, 0.05) is 24.9 Å². The first-order valence-electron chi connectivity index (χ1n) is 7.02. The summed E-state index contributed by atoms with van der Waals surface area (Å²) in [6, 6.07) is 5.13. The number of sulfone groups is 1. The number of benzene rings is 1. The van der Waals surface area contributed by atoms with Gasteiger partial charge in [0.15, 0.2) is 9.84 Å². The van der Waals surface area contributed by atoms with Crippen molar-refractivity contribution in [2.24, 2.45) is 0 Å². The number of nitrogens with zero attached hydrogens (tertiary/aromatic N) is 1. The molecule has 0 heterocycles. The van der Waals surface area contributed by atoms with Crippen LogP contribution in [0.1, 0.15) is 36.0 Å². The summed E-state index contributed by atoms with van der Waals surface area (Å²) in [5.74, 6) is -0.812. The smallest absolute Gasteiger partial charge is 0.253 e. The van der Waals surface area contributed by atoms with Crippen molar-refractivity contribution in [2.75, 3.05) is 13.3 Å². The molecule has 1 amide bonds. The molecule has 1 aliphatic carbocycles. The Morgan fingerprint density at radius 2 is 1.95 bits per heavy atom. The number of hydrogen-bond acceptors (Lipinski definition) is 3. The van der Waals surface area contributed by atoms with Crippen LogP contribution in [0, 0.1) is 5.82 Å². The SMILES string of the molecule is CN(C(=O)c1cccc(F)c1)[C@@H]1CCCC[C@H]1S(C)(=O)=O. The molecule has 0 aliphatic heterocycles. The molecule has 0 bridgehead atoms. The fourth-order valence-corrected chi connectivity index (χ4v) is 4.48. The maximum atomic E-state index is 13.2. The van der Waals surface area contributed by atoms with Crippen LogP contribution in [-0.4, -0.2) is 43.8 Å². The van der Waals surface area contributed by atoms with Gasteiger partial charge in [-0.15, -0.1) is 0 Å². The normalized spacial score (nSPS) is 22.8. The van der Waals surface area contributed by atoms with E-state index in [2.05, 4.69) is 0 Å². The monoisotopic (exact) mass is 313 g/mol. The lowest BCUT2D eigenvalue weighted by molar-refractivity contribution is 0.0700. The number of hydrogen-bond donors (Lipinski definition) is 0. The molecule has 1 saturated carbocycles. The van der Waals surface area contributed by atoms with E-state index in [0.717, 1.165) is 12.8 Å². The van der Waals surface area contributed by atoms with Gasteiger partial charge in [-0.2, -0.15) is 0 Å². The highest BCUT2D eigenvalue weighted by Gasteiger charge is 2.37. The first-order chi connectivity index (χ1) is 9.80. The third kappa shape index (κ3) is 3.61. The average Bonchev–Trinajstić information content (AvgIpc) is 2.45. The molecule has 21 heavy (non-hydrogen) atoms. The minimum Gasteiger partial charge on any atom is -0.337 e. The molecule has 1 aliphatic rings. The van der Waals surface area contributed by atoms with E-state index in [1.165, 1.54) is 29.4 Å². The molecule has 2 atom stereocenters. The molecule has 0 aromatic heterocycles. The lowest BCUT2D eigenvalue weighted by Crippen LogP contribution is -2.49. The maximum absolute atomic E-state index is 13.2. The Morgan fingerprint density at radius 1 is 1.29 bits per heavy atom. The molecule has 1 aromatic carbocycles. The van der Waals surface area contributed by atoms with Crippen molar-refractivity contribution in [1.82, 2.24) is 4.90 Å². The van der Waals surface area contributed by atoms with Crippen molar-refractivity contribution in [3.05, 3.63) is 35.6 Å². The van der Waals surface area contributed by atoms with E-state index in [1.807, 2.05) is 0 Å². The van der Waals surface area contributed by atoms with Gasteiger partial charge in [-0.05, 0) is 31.0 Å². The van der Waals surface area contributed by atoms with Crippen molar-refractivity contribution in [2.45, 2.75) is 37.0 Å². The summed E-state index contributed by atoms with van der Waals surface area (Å²) in [5, 5.41) is -0.534. The van der Waals surface area contributed by atoms with Crippen molar-refractivity contribution in [1.29, 1.82) is 0 Å². The van der Waals surface area contributed by atoms with E-state index in [0.29, 0.717) is 12.8 Å². The van der Waals surface area contributed by atoms with E-state index in [4.69, 9.17) is 0 Å². The Morgan fingerprint density at radius 3 is 2.57 bits per heavy atom. The first-order valence-corrected chi connectivity index (χ1v) is 8.98. The van der Waals surface area contributed by atoms with Crippen LogP contribution in [0.4, 0.5) is 4.39 Å². The number of carbonyl (C=O) groups excluding carboxylic acids is 1. The summed E-state index contributed by atoms with van der Waals surface area (Å²) in [5.41, 5.74) is 0.246. The maximum Gasteiger partial charge on any atom is 0.253 e. The third-order valence-corrected chi connectivity index (χ3v) is 5.76. The summed E-state index contributed by atoms with van der Waals surface area (Å²) < 4.78 is 37.1. The molecule has 0 saturated heterocycles. The predicted octanol–water partition coefficient (Wildman–Crippen LogP) is 2.25.